The van der Waals surface area contributed by atoms with Gasteiger partial charge in [-0.05, 0) is 18.2 Å². The van der Waals surface area contributed by atoms with E-state index in [1.807, 2.05) is 17.0 Å². The fourth-order valence-electron chi connectivity index (χ4n) is 3.13. The van der Waals surface area contributed by atoms with Crippen molar-refractivity contribution in [3.63, 3.8) is 0 Å². The first-order chi connectivity index (χ1) is 12.7. The lowest BCUT2D eigenvalue weighted by Crippen LogP contribution is -2.51. The molecule has 0 spiro atoms. The quantitative estimate of drug-likeness (QED) is 0.883. The SMILES string of the molecule is O=C1Nc2ccccc2O[C@H]1CC(=O)N1CCN(c2ncccn2)CC1. The minimum Gasteiger partial charge on any atom is -0.478 e. The number of ether oxygens (including phenoxy) is 1. The molecule has 1 fully saturated rings. The molecular weight excluding hydrogens is 334 g/mol. The van der Waals surface area contributed by atoms with Crippen molar-refractivity contribution in [3.8, 4) is 5.75 Å². The van der Waals surface area contributed by atoms with Gasteiger partial charge in [0, 0.05) is 38.6 Å². The van der Waals surface area contributed by atoms with E-state index < -0.39 is 6.10 Å². The van der Waals surface area contributed by atoms with Crippen LogP contribution in [0, 0.1) is 0 Å². The molecule has 2 aliphatic rings. The number of nitrogens with zero attached hydrogens (tertiary/aromatic N) is 4. The Morgan fingerprint density at radius 2 is 1.85 bits per heavy atom. The van der Waals surface area contributed by atoms with Crippen LogP contribution in [0.15, 0.2) is 42.7 Å². The molecule has 134 valence electrons. The molecule has 8 heteroatoms. The van der Waals surface area contributed by atoms with Gasteiger partial charge in [-0.15, -0.1) is 0 Å². The van der Waals surface area contributed by atoms with E-state index in [2.05, 4.69) is 15.3 Å². The van der Waals surface area contributed by atoms with Crippen molar-refractivity contribution in [2.45, 2.75) is 12.5 Å². The lowest BCUT2D eigenvalue weighted by molar-refractivity contribution is -0.137. The van der Waals surface area contributed by atoms with Gasteiger partial charge in [-0.25, -0.2) is 9.97 Å². The highest BCUT2D eigenvalue weighted by Crippen LogP contribution is 2.29. The van der Waals surface area contributed by atoms with Crippen LogP contribution in [0.25, 0.3) is 0 Å². The smallest absolute Gasteiger partial charge is 0.266 e. The summed E-state index contributed by atoms with van der Waals surface area (Å²) in [4.78, 5) is 37.0. The number of hydrogen-bond acceptors (Lipinski definition) is 6. The molecule has 1 aromatic carbocycles. The largest absolute Gasteiger partial charge is 0.478 e. The summed E-state index contributed by atoms with van der Waals surface area (Å²) in [6, 6.07) is 8.99. The molecule has 0 radical (unpaired) electrons. The zero-order valence-electron chi connectivity index (χ0n) is 14.2. The summed E-state index contributed by atoms with van der Waals surface area (Å²) in [6.45, 7) is 2.47. The number of benzene rings is 1. The average Bonchev–Trinajstić information content (AvgIpc) is 2.69. The van der Waals surface area contributed by atoms with Crippen LogP contribution in [0.4, 0.5) is 11.6 Å². The van der Waals surface area contributed by atoms with Crippen molar-refractivity contribution < 1.29 is 14.3 Å². The number of rotatable bonds is 3. The van der Waals surface area contributed by atoms with Gasteiger partial charge in [-0.2, -0.15) is 0 Å². The van der Waals surface area contributed by atoms with Crippen molar-refractivity contribution in [2.24, 2.45) is 0 Å². The molecule has 3 heterocycles. The van der Waals surface area contributed by atoms with Crippen molar-refractivity contribution in [2.75, 3.05) is 36.4 Å². The molecule has 0 bridgehead atoms. The third-order valence-corrected chi connectivity index (χ3v) is 4.53. The van der Waals surface area contributed by atoms with Crippen LogP contribution in [0.3, 0.4) is 0 Å². The third kappa shape index (κ3) is 3.30. The van der Waals surface area contributed by atoms with E-state index in [9.17, 15) is 9.59 Å². The van der Waals surface area contributed by atoms with Gasteiger partial charge in [0.15, 0.2) is 6.10 Å². The highest BCUT2D eigenvalue weighted by molar-refractivity contribution is 5.99. The van der Waals surface area contributed by atoms with Crippen LogP contribution < -0.4 is 15.0 Å². The van der Waals surface area contributed by atoms with Gasteiger partial charge in [0.1, 0.15) is 5.75 Å². The Morgan fingerprint density at radius 1 is 1.12 bits per heavy atom. The monoisotopic (exact) mass is 353 g/mol. The molecule has 1 atom stereocenters. The topological polar surface area (TPSA) is 87.7 Å². The second-order valence-electron chi connectivity index (χ2n) is 6.21. The predicted octanol–water partition coefficient (Wildman–Crippen LogP) is 0.915. The van der Waals surface area contributed by atoms with Gasteiger partial charge in [-0.3, -0.25) is 9.59 Å². The Labute approximate surface area is 150 Å². The summed E-state index contributed by atoms with van der Waals surface area (Å²) in [5.74, 6) is 0.897. The average molecular weight is 353 g/mol. The van der Waals surface area contributed by atoms with Crippen LogP contribution in [0.1, 0.15) is 6.42 Å². The number of fused-ring (bicyclic) bond motifs is 1. The Kier molecular flexibility index (Phi) is 4.39. The number of hydrogen-bond donors (Lipinski definition) is 1. The van der Waals surface area contributed by atoms with Crippen LogP contribution in [-0.4, -0.2) is 59.0 Å². The predicted molar refractivity (Wildman–Crippen MR) is 94.9 cm³/mol. The van der Waals surface area contributed by atoms with Crippen LogP contribution in [-0.2, 0) is 9.59 Å². The van der Waals surface area contributed by atoms with Gasteiger partial charge in [-0.1, -0.05) is 12.1 Å². The van der Waals surface area contributed by atoms with Crippen molar-refractivity contribution in [3.05, 3.63) is 42.7 Å². The number of para-hydroxylation sites is 2. The first-order valence-corrected chi connectivity index (χ1v) is 8.57. The normalized spacial score (nSPS) is 19.4. The minimum absolute atomic E-state index is 0.0298. The molecular formula is C18H19N5O3. The Bertz CT molecular complexity index is 805. The van der Waals surface area contributed by atoms with E-state index >= 15 is 0 Å². The summed E-state index contributed by atoms with van der Waals surface area (Å²) in [5, 5.41) is 2.79. The Hall–Kier alpha value is -3.16. The molecule has 2 aliphatic heterocycles. The maximum absolute atomic E-state index is 12.6. The Balaban J connectivity index is 1.34. The molecule has 8 nitrogen and oxygen atoms in total. The lowest BCUT2D eigenvalue weighted by atomic mass is 10.1. The number of carbonyl (C=O) groups excluding carboxylic acids is 2. The molecule has 2 aromatic rings. The maximum Gasteiger partial charge on any atom is 0.266 e. The maximum atomic E-state index is 12.6. The van der Waals surface area contributed by atoms with E-state index in [1.165, 1.54) is 0 Å². The van der Waals surface area contributed by atoms with Crippen LogP contribution >= 0.6 is 0 Å². The molecule has 2 amide bonds. The zero-order valence-corrected chi connectivity index (χ0v) is 14.2. The van der Waals surface area contributed by atoms with Crippen molar-refractivity contribution in [1.82, 2.24) is 14.9 Å². The summed E-state index contributed by atoms with van der Waals surface area (Å²) >= 11 is 0. The fraction of sp³-hybridized carbons (Fsp3) is 0.333. The summed E-state index contributed by atoms with van der Waals surface area (Å²) in [7, 11) is 0. The molecule has 0 unspecified atom stereocenters. The van der Waals surface area contributed by atoms with Crippen molar-refractivity contribution >= 4 is 23.5 Å². The van der Waals surface area contributed by atoms with Crippen molar-refractivity contribution in [1.29, 1.82) is 0 Å². The number of nitrogens with one attached hydrogen (secondary N) is 1. The number of amides is 2. The molecule has 0 aliphatic carbocycles. The zero-order chi connectivity index (χ0) is 17.9. The number of piperazine rings is 1. The first kappa shape index (κ1) is 16.3. The molecule has 26 heavy (non-hydrogen) atoms. The standard InChI is InChI=1S/C18H19N5O3/c24-16(12-15-17(25)21-13-4-1-2-5-14(13)26-15)22-8-10-23(11-9-22)18-19-6-3-7-20-18/h1-7,15H,8-12H2,(H,21,25)/t15-/m0/s1. The van der Waals surface area contributed by atoms with Gasteiger partial charge in [0.25, 0.3) is 5.91 Å². The molecule has 1 N–H and O–H groups in total. The molecule has 4 rings (SSSR count). The third-order valence-electron chi connectivity index (χ3n) is 4.53. The minimum atomic E-state index is -0.798. The highest BCUT2D eigenvalue weighted by atomic mass is 16.5. The molecule has 1 aromatic heterocycles. The summed E-state index contributed by atoms with van der Waals surface area (Å²) in [6.07, 6.45) is 2.64. The number of carbonyl (C=O) groups is 2. The van der Waals surface area contributed by atoms with E-state index in [0.29, 0.717) is 43.6 Å². The van der Waals surface area contributed by atoms with E-state index in [0.717, 1.165) is 0 Å². The second-order valence-corrected chi connectivity index (χ2v) is 6.21. The van der Waals surface area contributed by atoms with Gasteiger partial charge in [0.05, 0.1) is 12.1 Å². The van der Waals surface area contributed by atoms with E-state index in [4.69, 9.17) is 4.74 Å². The van der Waals surface area contributed by atoms with Crippen LogP contribution in [0.2, 0.25) is 0 Å². The first-order valence-electron chi connectivity index (χ1n) is 8.57. The molecule has 0 saturated carbocycles. The van der Waals surface area contributed by atoms with E-state index in [1.54, 1.807) is 35.5 Å². The molecule has 1 saturated heterocycles. The summed E-state index contributed by atoms with van der Waals surface area (Å²) in [5.41, 5.74) is 0.637. The lowest BCUT2D eigenvalue weighted by Gasteiger charge is -2.35. The van der Waals surface area contributed by atoms with Gasteiger partial charge < -0.3 is 19.9 Å². The Morgan fingerprint density at radius 3 is 2.62 bits per heavy atom. The highest BCUT2D eigenvalue weighted by Gasteiger charge is 2.32. The van der Waals surface area contributed by atoms with Crippen LogP contribution in [0.5, 0.6) is 5.75 Å². The fourth-order valence-corrected chi connectivity index (χ4v) is 3.13. The number of aromatic nitrogens is 2. The second kappa shape index (κ2) is 6.99. The van der Waals surface area contributed by atoms with E-state index in [-0.39, 0.29) is 18.2 Å². The summed E-state index contributed by atoms with van der Waals surface area (Å²) < 4.78 is 5.71. The van der Waals surface area contributed by atoms with Gasteiger partial charge in [0.2, 0.25) is 11.9 Å². The van der Waals surface area contributed by atoms with Gasteiger partial charge >= 0.3 is 0 Å². The number of anilines is 2.